The van der Waals surface area contributed by atoms with Gasteiger partial charge in [-0.2, -0.15) is 0 Å². The molecular formula is C9H17NO4. The molecule has 5 heteroatoms. The lowest BCUT2D eigenvalue weighted by atomic mass is 10.2. The molecule has 0 aliphatic carbocycles. The van der Waals surface area contributed by atoms with Crippen molar-refractivity contribution in [1.82, 2.24) is 5.32 Å². The predicted octanol–water partition coefficient (Wildman–Crippen LogP) is 0.391. The van der Waals surface area contributed by atoms with Crippen LogP contribution >= 0.6 is 0 Å². The van der Waals surface area contributed by atoms with Gasteiger partial charge in [0, 0.05) is 0 Å². The molecule has 0 unspecified atom stereocenters. The van der Waals surface area contributed by atoms with Gasteiger partial charge in [0.15, 0.2) is 0 Å². The van der Waals surface area contributed by atoms with Crippen molar-refractivity contribution >= 4 is 11.9 Å². The van der Waals surface area contributed by atoms with Crippen LogP contribution in [0.25, 0.3) is 0 Å². The number of ether oxygens (including phenoxy) is 1. The molecule has 0 spiro atoms. The minimum atomic E-state index is -1.06. The van der Waals surface area contributed by atoms with Crippen molar-refractivity contribution in [2.24, 2.45) is 0 Å². The minimum absolute atomic E-state index is 0.124. The molecule has 0 radical (unpaired) electrons. The molecule has 1 amide bonds. The fourth-order valence-corrected chi connectivity index (χ4v) is 0.627. The van der Waals surface area contributed by atoms with E-state index in [0.717, 1.165) is 0 Å². The van der Waals surface area contributed by atoms with Crippen LogP contribution in [0.4, 0.5) is 0 Å². The smallest absolute Gasteiger partial charge is 0.325 e. The molecule has 1 atom stereocenters. The summed E-state index contributed by atoms with van der Waals surface area (Å²) in [5.41, 5.74) is -0.399. The monoisotopic (exact) mass is 203 g/mol. The van der Waals surface area contributed by atoms with Crippen LogP contribution in [0.15, 0.2) is 0 Å². The normalized spacial score (nSPS) is 13.4. The lowest BCUT2D eigenvalue weighted by molar-refractivity contribution is -0.143. The maximum atomic E-state index is 11.1. The lowest BCUT2D eigenvalue weighted by Crippen LogP contribution is -2.41. The molecule has 0 aromatic rings. The Hall–Kier alpha value is -1.10. The van der Waals surface area contributed by atoms with E-state index in [1.54, 1.807) is 0 Å². The number of aliphatic carboxylic acids is 1. The first-order valence-corrected chi connectivity index (χ1v) is 4.38. The molecule has 0 aromatic carbocycles. The van der Waals surface area contributed by atoms with Crippen molar-refractivity contribution in [3.63, 3.8) is 0 Å². The summed E-state index contributed by atoms with van der Waals surface area (Å²) >= 11 is 0. The molecule has 0 aliphatic heterocycles. The fourth-order valence-electron chi connectivity index (χ4n) is 0.627. The molecule has 14 heavy (non-hydrogen) atoms. The Morgan fingerprint density at radius 1 is 1.43 bits per heavy atom. The van der Waals surface area contributed by atoms with Gasteiger partial charge in [-0.1, -0.05) is 0 Å². The highest BCUT2D eigenvalue weighted by molar-refractivity contribution is 5.83. The van der Waals surface area contributed by atoms with E-state index in [1.165, 1.54) is 6.92 Å². The molecule has 0 aromatic heterocycles. The number of carbonyl (C=O) groups is 2. The Kier molecular flexibility index (Phi) is 4.56. The lowest BCUT2D eigenvalue weighted by Gasteiger charge is -2.19. The van der Waals surface area contributed by atoms with E-state index in [0.29, 0.717) is 0 Å². The summed E-state index contributed by atoms with van der Waals surface area (Å²) in [6, 6.07) is -0.883. The zero-order valence-corrected chi connectivity index (χ0v) is 8.96. The fraction of sp³-hybridized carbons (Fsp3) is 0.778. The summed E-state index contributed by atoms with van der Waals surface area (Å²) in [6.07, 6.45) is 0. The van der Waals surface area contributed by atoms with Gasteiger partial charge in [0.1, 0.15) is 12.6 Å². The number of nitrogens with one attached hydrogen (secondary N) is 1. The number of hydrogen-bond acceptors (Lipinski definition) is 3. The maximum absolute atomic E-state index is 11.1. The van der Waals surface area contributed by atoms with E-state index in [1.807, 2.05) is 20.8 Å². The first-order chi connectivity index (χ1) is 6.22. The second-order valence-electron chi connectivity index (χ2n) is 4.03. The molecule has 0 aliphatic rings. The summed E-state index contributed by atoms with van der Waals surface area (Å²) in [5, 5.41) is 10.8. The molecule has 5 nitrogen and oxygen atoms in total. The quantitative estimate of drug-likeness (QED) is 0.693. The maximum Gasteiger partial charge on any atom is 0.325 e. The Morgan fingerprint density at radius 2 is 1.93 bits per heavy atom. The molecule has 82 valence electrons. The number of carboxylic acids is 1. The number of carboxylic acid groups (broad SMARTS) is 1. The van der Waals surface area contributed by atoms with Gasteiger partial charge >= 0.3 is 5.97 Å². The first-order valence-electron chi connectivity index (χ1n) is 4.38. The zero-order chi connectivity index (χ0) is 11.4. The van der Waals surface area contributed by atoms with Crippen molar-refractivity contribution in [2.45, 2.75) is 39.3 Å². The number of hydrogen-bond donors (Lipinski definition) is 2. The first kappa shape index (κ1) is 12.9. The third-order valence-electron chi connectivity index (χ3n) is 1.38. The standard InChI is InChI=1S/C9H17NO4/c1-6(8(12)13)10-7(11)5-14-9(2,3)4/h6H,5H2,1-4H3,(H,10,11)(H,12,13)/t6-/m0/s1. The van der Waals surface area contributed by atoms with Crippen LogP contribution in [-0.2, 0) is 14.3 Å². The third-order valence-corrected chi connectivity index (χ3v) is 1.38. The number of amides is 1. The second-order valence-corrected chi connectivity index (χ2v) is 4.03. The van der Waals surface area contributed by atoms with Crippen LogP contribution in [0, 0.1) is 0 Å². The minimum Gasteiger partial charge on any atom is -0.480 e. The van der Waals surface area contributed by atoms with Crippen LogP contribution in [0.3, 0.4) is 0 Å². The van der Waals surface area contributed by atoms with Gasteiger partial charge in [0.05, 0.1) is 5.60 Å². The van der Waals surface area contributed by atoms with E-state index in [-0.39, 0.29) is 6.61 Å². The Labute approximate surface area is 83.4 Å². The summed E-state index contributed by atoms with van der Waals surface area (Å²) in [4.78, 5) is 21.5. The van der Waals surface area contributed by atoms with E-state index < -0.39 is 23.5 Å². The Bertz CT molecular complexity index is 219. The predicted molar refractivity (Wildman–Crippen MR) is 50.9 cm³/mol. The highest BCUT2D eigenvalue weighted by atomic mass is 16.5. The number of rotatable bonds is 4. The van der Waals surface area contributed by atoms with Crippen molar-refractivity contribution < 1.29 is 19.4 Å². The van der Waals surface area contributed by atoms with Crippen molar-refractivity contribution in [2.75, 3.05) is 6.61 Å². The molecule has 0 saturated heterocycles. The van der Waals surface area contributed by atoms with Gasteiger partial charge in [-0.3, -0.25) is 9.59 Å². The second kappa shape index (κ2) is 4.95. The summed E-state index contributed by atoms with van der Waals surface area (Å²) in [5.74, 6) is -1.48. The Morgan fingerprint density at radius 3 is 2.29 bits per heavy atom. The van der Waals surface area contributed by atoms with Gasteiger partial charge in [-0.15, -0.1) is 0 Å². The van der Waals surface area contributed by atoms with Gasteiger partial charge in [-0.25, -0.2) is 0 Å². The van der Waals surface area contributed by atoms with Crippen molar-refractivity contribution in [1.29, 1.82) is 0 Å². The van der Waals surface area contributed by atoms with Crippen LogP contribution in [0.5, 0.6) is 0 Å². The molecule has 2 N–H and O–H groups in total. The molecule has 0 bridgehead atoms. The summed E-state index contributed by atoms with van der Waals surface area (Å²) in [6.45, 7) is 6.74. The molecule has 0 heterocycles. The number of carbonyl (C=O) groups excluding carboxylic acids is 1. The topological polar surface area (TPSA) is 75.6 Å². The van der Waals surface area contributed by atoms with E-state index >= 15 is 0 Å². The van der Waals surface area contributed by atoms with E-state index in [2.05, 4.69) is 5.32 Å². The third kappa shape index (κ3) is 6.42. The van der Waals surface area contributed by atoms with Crippen LogP contribution in [-0.4, -0.2) is 35.2 Å². The van der Waals surface area contributed by atoms with Crippen LogP contribution in [0.1, 0.15) is 27.7 Å². The summed E-state index contributed by atoms with van der Waals surface area (Å²) < 4.78 is 5.17. The van der Waals surface area contributed by atoms with Crippen molar-refractivity contribution in [3.8, 4) is 0 Å². The molecule has 0 fully saturated rings. The molecular weight excluding hydrogens is 186 g/mol. The highest BCUT2D eigenvalue weighted by Gasteiger charge is 2.16. The average Bonchev–Trinajstić information content (AvgIpc) is 1.99. The molecule has 0 rings (SSSR count). The van der Waals surface area contributed by atoms with Gasteiger partial charge in [0.2, 0.25) is 5.91 Å². The van der Waals surface area contributed by atoms with E-state index in [4.69, 9.17) is 9.84 Å². The van der Waals surface area contributed by atoms with Gasteiger partial charge in [-0.05, 0) is 27.7 Å². The highest BCUT2D eigenvalue weighted by Crippen LogP contribution is 2.05. The SMILES string of the molecule is C[C@H](NC(=O)COC(C)(C)C)C(=O)O. The van der Waals surface area contributed by atoms with Crippen LogP contribution < -0.4 is 5.32 Å². The van der Waals surface area contributed by atoms with Crippen LogP contribution in [0.2, 0.25) is 0 Å². The van der Waals surface area contributed by atoms with Gasteiger partial charge in [0.25, 0.3) is 0 Å². The van der Waals surface area contributed by atoms with Crippen molar-refractivity contribution in [3.05, 3.63) is 0 Å². The molecule has 0 saturated carbocycles. The van der Waals surface area contributed by atoms with E-state index in [9.17, 15) is 9.59 Å². The van der Waals surface area contributed by atoms with Gasteiger partial charge < -0.3 is 15.2 Å². The average molecular weight is 203 g/mol. The zero-order valence-electron chi connectivity index (χ0n) is 8.96. The largest absolute Gasteiger partial charge is 0.480 e. The Balaban J connectivity index is 3.83. The summed E-state index contributed by atoms with van der Waals surface area (Å²) in [7, 11) is 0.